The first-order valence-electron chi connectivity index (χ1n) is 6.53. The van der Waals surface area contributed by atoms with Crippen molar-refractivity contribution in [1.82, 2.24) is 0 Å². The van der Waals surface area contributed by atoms with E-state index in [4.69, 9.17) is 0 Å². The summed E-state index contributed by atoms with van der Waals surface area (Å²) < 4.78 is 27.1. The number of nitrogens with zero attached hydrogens (tertiary/aromatic N) is 1. The molecule has 1 aliphatic carbocycles. The highest BCUT2D eigenvalue weighted by Crippen LogP contribution is 2.35. The fourth-order valence-electron chi connectivity index (χ4n) is 2.72. The Morgan fingerprint density at radius 1 is 1.24 bits per heavy atom. The first-order valence-corrected chi connectivity index (χ1v) is 6.53. The average molecular weight is 290 g/mol. The molecule has 0 saturated carbocycles. The van der Waals surface area contributed by atoms with Crippen molar-refractivity contribution in [2.75, 3.05) is 5.32 Å². The van der Waals surface area contributed by atoms with E-state index in [0.29, 0.717) is 24.1 Å². The lowest BCUT2D eigenvalue weighted by Crippen LogP contribution is -2.07. The van der Waals surface area contributed by atoms with Crippen molar-refractivity contribution in [2.24, 2.45) is 0 Å². The topological polar surface area (TPSA) is 55.2 Å². The minimum atomic E-state index is -0.677. The molecule has 0 aliphatic heterocycles. The second-order valence-electron chi connectivity index (χ2n) is 5.00. The molecule has 4 nitrogen and oxygen atoms in total. The smallest absolute Gasteiger partial charge is 0.274 e. The number of fused-ring (bicyclic) bond motifs is 1. The highest BCUT2D eigenvalue weighted by atomic mass is 19.1. The SMILES string of the molecule is O=[N+]([O-])c1cc(F)cc(NC2CCc3c(F)cccc32)c1. The van der Waals surface area contributed by atoms with Crippen molar-refractivity contribution in [3.05, 3.63) is 69.3 Å². The summed E-state index contributed by atoms with van der Waals surface area (Å²) in [6.45, 7) is 0. The van der Waals surface area contributed by atoms with Crippen LogP contribution in [0.15, 0.2) is 36.4 Å². The van der Waals surface area contributed by atoms with Crippen LogP contribution >= 0.6 is 0 Å². The molecule has 3 rings (SSSR count). The Hall–Kier alpha value is -2.50. The van der Waals surface area contributed by atoms with Crippen molar-refractivity contribution >= 4 is 11.4 Å². The van der Waals surface area contributed by atoms with Gasteiger partial charge in [-0.25, -0.2) is 8.78 Å². The quantitative estimate of drug-likeness (QED) is 0.687. The summed E-state index contributed by atoms with van der Waals surface area (Å²) in [5.41, 5.74) is 1.49. The Bertz CT molecular complexity index is 719. The lowest BCUT2D eigenvalue weighted by molar-refractivity contribution is -0.385. The van der Waals surface area contributed by atoms with E-state index in [1.54, 1.807) is 6.07 Å². The summed E-state index contributed by atoms with van der Waals surface area (Å²) in [5, 5.41) is 13.8. The van der Waals surface area contributed by atoms with Crippen LogP contribution in [-0.4, -0.2) is 4.92 Å². The Labute approximate surface area is 119 Å². The summed E-state index contributed by atoms with van der Waals surface area (Å²) >= 11 is 0. The maximum Gasteiger partial charge on any atom is 0.274 e. The van der Waals surface area contributed by atoms with Gasteiger partial charge in [-0.05, 0) is 36.1 Å². The summed E-state index contributed by atoms with van der Waals surface area (Å²) in [7, 11) is 0. The Kier molecular flexibility index (Phi) is 3.29. The zero-order valence-corrected chi connectivity index (χ0v) is 11.0. The molecule has 1 N–H and O–H groups in total. The van der Waals surface area contributed by atoms with Gasteiger partial charge in [-0.2, -0.15) is 0 Å². The molecule has 0 spiro atoms. The molecule has 0 heterocycles. The van der Waals surface area contributed by atoms with Crippen molar-refractivity contribution in [3.8, 4) is 0 Å². The number of hydrogen-bond acceptors (Lipinski definition) is 3. The number of anilines is 1. The van der Waals surface area contributed by atoms with Crippen LogP contribution < -0.4 is 5.32 Å². The number of halogens is 2. The Balaban J connectivity index is 1.90. The molecule has 2 aromatic carbocycles. The second-order valence-corrected chi connectivity index (χ2v) is 5.00. The van der Waals surface area contributed by atoms with E-state index in [1.807, 2.05) is 6.07 Å². The number of hydrogen-bond donors (Lipinski definition) is 1. The molecule has 6 heteroatoms. The monoisotopic (exact) mass is 290 g/mol. The number of non-ortho nitro benzene ring substituents is 1. The van der Waals surface area contributed by atoms with Crippen LogP contribution in [0.5, 0.6) is 0 Å². The van der Waals surface area contributed by atoms with Crippen molar-refractivity contribution in [2.45, 2.75) is 18.9 Å². The average Bonchev–Trinajstić information content (AvgIpc) is 2.83. The predicted molar refractivity (Wildman–Crippen MR) is 74.1 cm³/mol. The van der Waals surface area contributed by atoms with E-state index in [0.717, 1.165) is 11.6 Å². The molecule has 2 aromatic rings. The molecular formula is C15H12F2N2O2. The standard InChI is InChI=1S/C15H12F2N2O2/c16-9-6-10(8-11(7-9)19(20)21)18-15-5-4-12-13(15)2-1-3-14(12)17/h1-3,6-8,15,18H,4-5H2. The van der Waals surface area contributed by atoms with Crippen molar-refractivity contribution < 1.29 is 13.7 Å². The van der Waals surface area contributed by atoms with E-state index >= 15 is 0 Å². The summed E-state index contributed by atoms with van der Waals surface area (Å²) in [5.74, 6) is -0.925. The maximum absolute atomic E-state index is 13.7. The molecule has 0 fully saturated rings. The van der Waals surface area contributed by atoms with Gasteiger partial charge in [-0.3, -0.25) is 10.1 Å². The van der Waals surface area contributed by atoms with E-state index in [1.165, 1.54) is 18.2 Å². The van der Waals surface area contributed by atoms with Crippen LogP contribution in [0.1, 0.15) is 23.6 Å². The van der Waals surface area contributed by atoms with Gasteiger partial charge < -0.3 is 5.32 Å². The van der Waals surface area contributed by atoms with Gasteiger partial charge in [0.2, 0.25) is 0 Å². The van der Waals surface area contributed by atoms with E-state index in [-0.39, 0.29) is 17.5 Å². The molecule has 21 heavy (non-hydrogen) atoms. The molecule has 0 bridgehead atoms. The highest BCUT2D eigenvalue weighted by molar-refractivity contribution is 5.54. The zero-order valence-electron chi connectivity index (χ0n) is 11.0. The summed E-state index contributed by atoms with van der Waals surface area (Å²) in [6, 6.07) is 8.03. The fourth-order valence-corrected chi connectivity index (χ4v) is 2.72. The third kappa shape index (κ3) is 2.56. The van der Waals surface area contributed by atoms with E-state index < -0.39 is 10.7 Å². The van der Waals surface area contributed by atoms with Crippen LogP contribution in [0, 0.1) is 21.7 Å². The molecule has 0 saturated heterocycles. The molecule has 1 atom stereocenters. The third-order valence-electron chi connectivity index (χ3n) is 3.65. The van der Waals surface area contributed by atoms with Gasteiger partial charge in [-0.15, -0.1) is 0 Å². The number of nitro groups is 1. The van der Waals surface area contributed by atoms with E-state index in [9.17, 15) is 18.9 Å². The fraction of sp³-hybridized carbons (Fsp3) is 0.200. The van der Waals surface area contributed by atoms with Crippen LogP contribution in [0.2, 0.25) is 0 Å². The van der Waals surface area contributed by atoms with Crippen molar-refractivity contribution in [1.29, 1.82) is 0 Å². The van der Waals surface area contributed by atoms with Gasteiger partial charge in [-0.1, -0.05) is 12.1 Å². The van der Waals surface area contributed by atoms with Gasteiger partial charge in [0.1, 0.15) is 11.6 Å². The first kappa shape index (κ1) is 13.5. The van der Waals surface area contributed by atoms with Crippen LogP contribution in [0.4, 0.5) is 20.2 Å². The molecule has 0 aromatic heterocycles. The summed E-state index contributed by atoms with van der Waals surface area (Å²) in [6.07, 6.45) is 1.26. The van der Waals surface area contributed by atoms with Gasteiger partial charge in [0.15, 0.2) is 0 Å². The van der Waals surface area contributed by atoms with Crippen LogP contribution in [0.25, 0.3) is 0 Å². The van der Waals surface area contributed by atoms with E-state index in [2.05, 4.69) is 5.32 Å². The zero-order chi connectivity index (χ0) is 15.0. The number of rotatable bonds is 3. The minimum absolute atomic E-state index is 0.169. The molecular weight excluding hydrogens is 278 g/mol. The Morgan fingerprint density at radius 3 is 2.81 bits per heavy atom. The van der Waals surface area contributed by atoms with Crippen LogP contribution in [-0.2, 0) is 6.42 Å². The number of nitrogens with one attached hydrogen (secondary N) is 1. The van der Waals surface area contributed by atoms with Crippen LogP contribution in [0.3, 0.4) is 0 Å². The molecule has 0 amide bonds. The summed E-state index contributed by atoms with van der Waals surface area (Å²) in [4.78, 5) is 10.1. The second kappa shape index (κ2) is 5.12. The molecule has 1 aliphatic rings. The molecule has 1 unspecified atom stereocenters. The van der Waals surface area contributed by atoms with Gasteiger partial charge in [0, 0.05) is 11.8 Å². The van der Waals surface area contributed by atoms with Crippen molar-refractivity contribution in [3.63, 3.8) is 0 Å². The largest absolute Gasteiger partial charge is 0.378 e. The predicted octanol–water partition coefficient (Wildman–Crippen LogP) is 3.97. The normalized spacial score (nSPS) is 16.6. The minimum Gasteiger partial charge on any atom is -0.378 e. The number of nitro benzene ring substituents is 1. The highest BCUT2D eigenvalue weighted by Gasteiger charge is 2.25. The number of benzene rings is 2. The molecule has 108 valence electrons. The lowest BCUT2D eigenvalue weighted by Gasteiger charge is -2.15. The Morgan fingerprint density at radius 2 is 2.05 bits per heavy atom. The first-order chi connectivity index (χ1) is 10.0. The third-order valence-corrected chi connectivity index (χ3v) is 3.65. The van der Waals surface area contributed by atoms with Gasteiger partial charge in [0.25, 0.3) is 5.69 Å². The lowest BCUT2D eigenvalue weighted by atomic mass is 10.1. The maximum atomic E-state index is 13.7. The molecule has 0 radical (unpaired) electrons. The van der Waals surface area contributed by atoms with Gasteiger partial charge in [0.05, 0.1) is 17.0 Å². The van der Waals surface area contributed by atoms with Gasteiger partial charge >= 0.3 is 0 Å².